The van der Waals surface area contributed by atoms with Crippen LogP contribution in [0, 0.1) is 5.92 Å². The summed E-state index contributed by atoms with van der Waals surface area (Å²) in [6, 6.07) is 6.27. The molecule has 0 saturated heterocycles. The zero-order valence-electron chi connectivity index (χ0n) is 11.1. The summed E-state index contributed by atoms with van der Waals surface area (Å²) < 4.78 is 23.3. The lowest BCUT2D eigenvalue weighted by Gasteiger charge is -2.11. The monoisotopic (exact) mass is 268 g/mol. The quantitative estimate of drug-likeness (QED) is 0.745. The van der Waals surface area contributed by atoms with Gasteiger partial charge in [-0.1, -0.05) is 32.9 Å². The van der Waals surface area contributed by atoms with Crippen LogP contribution in [0.4, 0.5) is 0 Å². The number of carbonyl (C=O) groups excluding carboxylic acids is 1. The molecule has 0 heterocycles. The van der Waals surface area contributed by atoms with Crippen molar-refractivity contribution in [1.29, 1.82) is 0 Å². The van der Waals surface area contributed by atoms with E-state index in [0.29, 0.717) is 5.56 Å². The van der Waals surface area contributed by atoms with E-state index in [-0.39, 0.29) is 22.3 Å². The molecule has 0 atom stereocenters. The zero-order valence-corrected chi connectivity index (χ0v) is 12.0. The lowest BCUT2D eigenvalue weighted by atomic mass is 9.93. The Labute approximate surface area is 109 Å². The first-order valence-electron chi connectivity index (χ1n) is 6.33. The molecule has 1 aromatic carbocycles. The molecule has 0 fully saturated rings. The van der Waals surface area contributed by atoms with Gasteiger partial charge in [0.05, 0.1) is 10.6 Å². The number of rotatable bonds is 6. The van der Waals surface area contributed by atoms with Crippen LogP contribution in [0.2, 0.25) is 0 Å². The maximum Gasteiger partial charge on any atom is 0.178 e. The van der Waals surface area contributed by atoms with Crippen LogP contribution < -0.4 is 0 Å². The molecule has 1 aromatic rings. The van der Waals surface area contributed by atoms with Crippen molar-refractivity contribution in [3.63, 3.8) is 0 Å². The molecule has 0 aliphatic heterocycles. The fourth-order valence-electron chi connectivity index (χ4n) is 1.89. The Morgan fingerprint density at radius 2 is 1.56 bits per heavy atom. The van der Waals surface area contributed by atoms with E-state index < -0.39 is 9.84 Å². The molecular weight excluding hydrogens is 248 g/mol. The van der Waals surface area contributed by atoms with Gasteiger partial charge in [-0.05, 0) is 25.0 Å². The van der Waals surface area contributed by atoms with Crippen LogP contribution in [0.15, 0.2) is 29.2 Å². The Morgan fingerprint density at radius 1 is 1.06 bits per heavy atom. The second kappa shape index (κ2) is 6.14. The first-order valence-corrected chi connectivity index (χ1v) is 7.98. The molecular formula is C14H20O3S. The van der Waals surface area contributed by atoms with E-state index in [1.54, 1.807) is 19.1 Å². The SMILES string of the molecule is CCC(CC)C(=O)c1ccc(S(=O)(=O)CC)cc1. The van der Waals surface area contributed by atoms with Crippen LogP contribution in [0.5, 0.6) is 0 Å². The molecule has 0 N–H and O–H groups in total. The van der Waals surface area contributed by atoms with Crippen LogP contribution in [0.1, 0.15) is 44.0 Å². The molecule has 100 valence electrons. The number of carbonyl (C=O) groups is 1. The molecule has 0 spiro atoms. The summed E-state index contributed by atoms with van der Waals surface area (Å²) in [4.78, 5) is 12.4. The van der Waals surface area contributed by atoms with E-state index in [4.69, 9.17) is 0 Å². The minimum absolute atomic E-state index is 0.0265. The van der Waals surface area contributed by atoms with Gasteiger partial charge in [0.1, 0.15) is 0 Å². The van der Waals surface area contributed by atoms with Gasteiger partial charge in [-0.2, -0.15) is 0 Å². The van der Waals surface area contributed by atoms with E-state index in [9.17, 15) is 13.2 Å². The third kappa shape index (κ3) is 3.19. The van der Waals surface area contributed by atoms with Crippen molar-refractivity contribution in [1.82, 2.24) is 0 Å². The Bertz CT molecular complexity index is 496. The summed E-state index contributed by atoms with van der Waals surface area (Å²) >= 11 is 0. The number of Topliss-reactive ketones (excluding diaryl/α,β-unsaturated/α-hetero) is 1. The highest BCUT2D eigenvalue weighted by Crippen LogP contribution is 2.18. The van der Waals surface area contributed by atoms with Gasteiger partial charge < -0.3 is 0 Å². The van der Waals surface area contributed by atoms with E-state index in [1.165, 1.54) is 12.1 Å². The maximum absolute atomic E-state index is 12.1. The number of hydrogen-bond acceptors (Lipinski definition) is 3. The summed E-state index contributed by atoms with van der Waals surface area (Å²) in [5.41, 5.74) is 0.596. The molecule has 3 nitrogen and oxygen atoms in total. The molecule has 18 heavy (non-hydrogen) atoms. The second-order valence-electron chi connectivity index (χ2n) is 4.31. The largest absolute Gasteiger partial charge is 0.294 e. The van der Waals surface area contributed by atoms with Gasteiger partial charge in [-0.25, -0.2) is 8.42 Å². The smallest absolute Gasteiger partial charge is 0.178 e. The highest BCUT2D eigenvalue weighted by molar-refractivity contribution is 7.91. The Morgan fingerprint density at radius 3 is 1.94 bits per heavy atom. The van der Waals surface area contributed by atoms with Crippen molar-refractivity contribution < 1.29 is 13.2 Å². The average molecular weight is 268 g/mol. The predicted octanol–water partition coefficient (Wildman–Crippen LogP) is 3.10. The molecule has 0 saturated carbocycles. The van der Waals surface area contributed by atoms with Crippen molar-refractivity contribution in [3.8, 4) is 0 Å². The number of benzene rings is 1. The van der Waals surface area contributed by atoms with Crippen LogP contribution in [-0.4, -0.2) is 20.0 Å². The maximum atomic E-state index is 12.1. The van der Waals surface area contributed by atoms with Crippen LogP contribution in [-0.2, 0) is 9.84 Å². The third-order valence-electron chi connectivity index (χ3n) is 3.23. The Hall–Kier alpha value is -1.16. The summed E-state index contributed by atoms with van der Waals surface area (Å²) in [6.07, 6.45) is 1.62. The summed E-state index contributed by atoms with van der Waals surface area (Å²) in [5, 5.41) is 0. The van der Waals surface area contributed by atoms with Crippen LogP contribution >= 0.6 is 0 Å². The predicted molar refractivity (Wildman–Crippen MR) is 72.6 cm³/mol. The first-order chi connectivity index (χ1) is 8.46. The van der Waals surface area contributed by atoms with Crippen LogP contribution in [0.25, 0.3) is 0 Å². The first kappa shape index (κ1) is 14.9. The van der Waals surface area contributed by atoms with Gasteiger partial charge in [0.2, 0.25) is 0 Å². The van der Waals surface area contributed by atoms with Gasteiger partial charge in [-0.3, -0.25) is 4.79 Å². The summed E-state index contributed by atoms with van der Waals surface area (Å²) in [5.74, 6) is 0.200. The molecule has 0 amide bonds. The molecule has 0 unspecified atom stereocenters. The van der Waals surface area contributed by atoms with Gasteiger partial charge in [0, 0.05) is 11.5 Å². The lowest BCUT2D eigenvalue weighted by Crippen LogP contribution is -2.13. The van der Waals surface area contributed by atoms with Crippen molar-refractivity contribution in [2.24, 2.45) is 5.92 Å². The summed E-state index contributed by atoms with van der Waals surface area (Å²) in [7, 11) is -3.18. The third-order valence-corrected chi connectivity index (χ3v) is 4.98. The Balaban J connectivity index is 3.00. The number of sulfone groups is 1. The lowest BCUT2D eigenvalue weighted by molar-refractivity contribution is 0.0913. The molecule has 0 aliphatic rings. The Kier molecular flexibility index (Phi) is 5.08. The van der Waals surface area contributed by atoms with Crippen molar-refractivity contribution in [2.75, 3.05) is 5.75 Å². The van der Waals surface area contributed by atoms with Crippen molar-refractivity contribution in [3.05, 3.63) is 29.8 Å². The summed E-state index contributed by atoms with van der Waals surface area (Å²) in [6.45, 7) is 5.59. The molecule has 1 rings (SSSR count). The number of ketones is 1. The highest BCUT2D eigenvalue weighted by atomic mass is 32.2. The van der Waals surface area contributed by atoms with Gasteiger partial charge >= 0.3 is 0 Å². The fraction of sp³-hybridized carbons (Fsp3) is 0.500. The minimum Gasteiger partial charge on any atom is -0.294 e. The molecule has 0 radical (unpaired) electrons. The van der Waals surface area contributed by atoms with Gasteiger partial charge in [0.15, 0.2) is 15.6 Å². The average Bonchev–Trinajstić information content (AvgIpc) is 2.40. The van der Waals surface area contributed by atoms with Crippen molar-refractivity contribution in [2.45, 2.75) is 38.5 Å². The number of hydrogen-bond donors (Lipinski definition) is 0. The molecule has 0 bridgehead atoms. The molecule has 0 aliphatic carbocycles. The zero-order chi connectivity index (χ0) is 13.8. The van der Waals surface area contributed by atoms with Crippen molar-refractivity contribution >= 4 is 15.6 Å². The van der Waals surface area contributed by atoms with Gasteiger partial charge in [-0.15, -0.1) is 0 Å². The van der Waals surface area contributed by atoms with E-state index in [0.717, 1.165) is 12.8 Å². The highest BCUT2D eigenvalue weighted by Gasteiger charge is 2.17. The minimum atomic E-state index is -3.18. The second-order valence-corrected chi connectivity index (χ2v) is 6.58. The molecule has 4 heteroatoms. The normalized spacial score (nSPS) is 11.8. The molecule has 0 aromatic heterocycles. The topological polar surface area (TPSA) is 51.2 Å². The van der Waals surface area contributed by atoms with E-state index in [1.807, 2.05) is 13.8 Å². The van der Waals surface area contributed by atoms with Crippen LogP contribution in [0.3, 0.4) is 0 Å². The van der Waals surface area contributed by atoms with E-state index in [2.05, 4.69) is 0 Å². The standard InChI is InChI=1S/C14H20O3S/c1-4-11(5-2)14(15)12-7-9-13(10-8-12)18(16,17)6-3/h7-11H,4-6H2,1-3H3. The van der Waals surface area contributed by atoms with E-state index >= 15 is 0 Å². The van der Waals surface area contributed by atoms with Gasteiger partial charge in [0.25, 0.3) is 0 Å². The fourth-order valence-corrected chi connectivity index (χ4v) is 2.77.